The van der Waals surface area contributed by atoms with Crippen molar-refractivity contribution >= 4 is 70.0 Å². The molecule has 1 aromatic carbocycles. The number of aryl methyl sites for hydroxylation is 1. The quantitative estimate of drug-likeness (QED) is 0.0149. The molecule has 0 spiro atoms. The van der Waals surface area contributed by atoms with Gasteiger partial charge in [0.2, 0.25) is 41.4 Å². The van der Waals surface area contributed by atoms with Crippen LogP contribution < -0.4 is 52.8 Å². The third-order valence-electron chi connectivity index (χ3n) is 16.3. The minimum Gasteiger partial charge on any atom is -0.489 e. The molecular weight excluding hydrogens is 1260 g/mol. The zero-order valence-electron chi connectivity index (χ0n) is 55.8. The van der Waals surface area contributed by atoms with Crippen molar-refractivity contribution in [1.82, 2.24) is 61.9 Å². The third kappa shape index (κ3) is 21.6. The second kappa shape index (κ2) is 38.4. The fraction of sp³-hybridized carbons (Fsp3) is 0.600. The van der Waals surface area contributed by atoms with Crippen LogP contribution in [0.25, 0.3) is 22.3 Å². The van der Waals surface area contributed by atoms with Gasteiger partial charge in [0, 0.05) is 106 Å². The summed E-state index contributed by atoms with van der Waals surface area (Å²) < 4.78 is 50.2. The largest absolute Gasteiger partial charge is 0.489 e. The van der Waals surface area contributed by atoms with Crippen LogP contribution in [0.5, 0.6) is 5.75 Å². The van der Waals surface area contributed by atoms with E-state index in [1.54, 1.807) is 26.8 Å². The number of hydrogen-bond donors (Lipinski definition) is 9. The van der Waals surface area contributed by atoms with Gasteiger partial charge in [-0.15, -0.1) is 0 Å². The smallest absolute Gasteiger partial charge is 0.343 e. The number of carbonyl (C=O) groups excluding carboxylic acids is 10. The lowest BCUT2D eigenvalue weighted by atomic mass is 9.86. The van der Waals surface area contributed by atoms with E-state index in [-0.39, 0.29) is 165 Å². The van der Waals surface area contributed by atoms with E-state index in [1.165, 1.54) is 28.5 Å². The van der Waals surface area contributed by atoms with Gasteiger partial charge in [0.1, 0.15) is 31.3 Å². The van der Waals surface area contributed by atoms with Crippen LogP contribution in [0.1, 0.15) is 102 Å². The summed E-state index contributed by atoms with van der Waals surface area (Å²) >= 11 is 0. The molecule has 0 fully saturated rings. The molecule has 9 amide bonds. The van der Waals surface area contributed by atoms with Crippen LogP contribution in [0.2, 0.25) is 0 Å². The van der Waals surface area contributed by atoms with Crippen molar-refractivity contribution < 1.29 is 85.9 Å². The molecule has 6 rings (SSSR count). The summed E-state index contributed by atoms with van der Waals surface area (Å²) in [5.74, 6) is -7.61. The lowest BCUT2D eigenvalue weighted by Gasteiger charge is -2.31. The predicted octanol–water partition coefficient (Wildman–Crippen LogP) is -0.762. The monoisotopic (exact) mass is 1350 g/mol. The van der Waals surface area contributed by atoms with Crippen molar-refractivity contribution in [2.45, 2.75) is 123 Å². The zero-order valence-corrected chi connectivity index (χ0v) is 55.8. The highest BCUT2D eigenvalue weighted by Gasteiger charge is 2.46. The van der Waals surface area contributed by atoms with Crippen molar-refractivity contribution in [2.24, 2.45) is 5.92 Å². The predicted molar refractivity (Wildman–Crippen MR) is 346 cm³/mol. The number of carbonyl (C=O) groups is 10. The Hall–Kier alpha value is -8.33. The van der Waals surface area contributed by atoms with Crippen LogP contribution in [0.15, 0.2) is 35.1 Å². The topological polar surface area (TPSA) is 384 Å². The van der Waals surface area contributed by atoms with Crippen LogP contribution in [0.4, 0.5) is 4.39 Å². The van der Waals surface area contributed by atoms with Crippen molar-refractivity contribution in [1.29, 1.82) is 0 Å². The van der Waals surface area contributed by atoms with E-state index in [0.29, 0.717) is 68.3 Å². The fourth-order valence-corrected chi connectivity index (χ4v) is 10.9. The molecule has 0 aliphatic carbocycles. The van der Waals surface area contributed by atoms with Crippen molar-refractivity contribution in [3.8, 4) is 17.1 Å². The Labute approximate surface area is 556 Å². The molecular formula is C65H93FN12O18. The number of aliphatic hydroxyl groups is 1. The summed E-state index contributed by atoms with van der Waals surface area (Å²) in [5, 5.41) is 33.9. The summed E-state index contributed by atoms with van der Waals surface area (Å²) in [5.41, 5.74) is 0.388. The van der Waals surface area contributed by atoms with Gasteiger partial charge in [0.25, 0.3) is 17.4 Å². The number of nitrogens with one attached hydrogen (secondary N) is 8. The summed E-state index contributed by atoms with van der Waals surface area (Å²) in [4.78, 5) is 153. The number of likely N-dealkylation sites (N-methyl/N-ethyl adjacent to an activating group) is 2. The van der Waals surface area contributed by atoms with Gasteiger partial charge in [0.15, 0.2) is 17.2 Å². The average molecular weight is 1350 g/mol. The molecule has 9 N–H and O–H groups in total. The van der Waals surface area contributed by atoms with E-state index in [0.717, 1.165) is 22.6 Å². The van der Waals surface area contributed by atoms with E-state index in [4.69, 9.17) is 33.4 Å². The highest BCUT2D eigenvalue weighted by molar-refractivity contribution is 6.13. The van der Waals surface area contributed by atoms with Gasteiger partial charge in [-0.25, -0.2) is 14.2 Å². The number of benzene rings is 1. The number of esters is 1. The first-order chi connectivity index (χ1) is 46.1. The van der Waals surface area contributed by atoms with E-state index in [9.17, 15) is 57.8 Å². The van der Waals surface area contributed by atoms with Gasteiger partial charge in [-0.1, -0.05) is 27.7 Å². The van der Waals surface area contributed by atoms with E-state index < -0.39 is 88.3 Å². The first-order valence-corrected chi connectivity index (χ1v) is 32.6. The van der Waals surface area contributed by atoms with Crippen LogP contribution in [0, 0.1) is 11.7 Å². The molecule has 0 radical (unpaired) electrons. The van der Waals surface area contributed by atoms with Crippen LogP contribution in [0.3, 0.4) is 0 Å². The molecule has 0 unspecified atom stereocenters. The molecule has 0 bridgehead atoms. The number of aromatic nitrogens is 2. The van der Waals surface area contributed by atoms with Crippen LogP contribution in [-0.2, 0) is 96.8 Å². The highest BCUT2D eigenvalue weighted by Crippen LogP contribution is 2.41. The number of cyclic esters (lactones) is 1. The van der Waals surface area contributed by atoms with Gasteiger partial charge in [-0.2, -0.15) is 0 Å². The van der Waals surface area contributed by atoms with Gasteiger partial charge in [-0.3, -0.25) is 52.8 Å². The third-order valence-corrected chi connectivity index (χ3v) is 16.3. The standard InChI is InChI=1S/C65H93FN12O18/c1-8-42-43-35-51(47(66)37-49(43)74-59-44(42)38-78-50(59)36-46-45(63(78)88)39-96-64(89)65(46,90)9-2)95-30-22-71-60(85)41(5)72-62(87)58(40(3)4)75-61(86)48(73-54(81)11-10-23-77-56(83)14-15-57(77)84)12-13-55(82)76(24-18-69-52(79)16-26-91-31-33-93-28-20-67-6)25-19-70-53(80)17-27-92-32-34-94-29-21-68-7/h14-15,35-37,40-41,48,58,67-68,90H,8-13,16-34,38-39H2,1-7H3,(H,69,79)(H,70,80)(H,71,85)(H,72,87)(H,73,81)(H,75,86)/t41-,48-,58-,65-/m0/s1. The Morgan fingerprint density at radius 1 is 0.698 bits per heavy atom. The summed E-state index contributed by atoms with van der Waals surface area (Å²) in [6, 6.07) is 0.369. The molecule has 0 saturated heterocycles. The average Bonchev–Trinajstić information content (AvgIpc) is 1.50. The van der Waals surface area contributed by atoms with E-state index >= 15 is 4.39 Å². The molecule has 0 saturated carbocycles. The maximum Gasteiger partial charge on any atom is 0.343 e. The molecule has 96 heavy (non-hydrogen) atoms. The number of hydrogen-bond acceptors (Lipinski definition) is 21. The SMILES string of the molecule is CCc1c2c(nc3cc(F)c(OCCNC(=O)[C@H](C)NC(=O)[C@@H](NC(=O)[C@H](CCC(=O)N(CCNC(=O)CCOCCOCCNC)CCNC(=O)CCOCCOCCNC)NC(=O)CCCN4C(=O)C=CC4=O)C(C)C)cc13)-c1cc3c(c(=O)n1C2)COC(=O)[C@]3(O)CC. The first-order valence-electron chi connectivity index (χ1n) is 32.6. The number of halogens is 1. The Morgan fingerprint density at radius 3 is 1.90 bits per heavy atom. The molecule has 3 aromatic rings. The lowest BCUT2D eigenvalue weighted by Crippen LogP contribution is -2.58. The zero-order chi connectivity index (χ0) is 69.9. The Bertz CT molecular complexity index is 3290. The first kappa shape index (κ1) is 76.7. The summed E-state index contributed by atoms with van der Waals surface area (Å²) in [6.07, 6.45) is 1.84. The van der Waals surface area contributed by atoms with E-state index in [1.807, 2.05) is 21.0 Å². The normalized spacial score (nSPS) is 15.5. The van der Waals surface area contributed by atoms with Crippen molar-refractivity contribution in [3.05, 3.63) is 68.8 Å². The molecule has 3 aliphatic heterocycles. The van der Waals surface area contributed by atoms with Crippen molar-refractivity contribution in [2.75, 3.05) is 126 Å². The Kier molecular flexibility index (Phi) is 30.7. The summed E-state index contributed by atoms with van der Waals surface area (Å²) in [6.45, 7) is 11.5. The van der Waals surface area contributed by atoms with Gasteiger partial charge >= 0.3 is 5.97 Å². The molecule has 528 valence electrons. The Balaban J connectivity index is 1.06. The minimum absolute atomic E-state index is 0.0113. The van der Waals surface area contributed by atoms with Crippen LogP contribution >= 0.6 is 0 Å². The number of amides is 9. The van der Waals surface area contributed by atoms with E-state index in [2.05, 4.69) is 42.5 Å². The molecule has 4 atom stereocenters. The number of ether oxygens (including phenoxy) is 6. The molecule has 2 aromatic heterocycles. The molecule has 3 aliphatic rings. The number of rotatable bonds is 44. The highest BCUT2D eigenvalue weighted by atomic mass is 19.1. The number of imide groups is 1. The van der Waals surface area contributed by atoms with Gasteiger partial charge < -0.3 is 85.5 Å². The Morgan fingerprint density at radius 2 is 1.31 bits per heavy atom. The summed E-state index contributed by atoms with van der Waals surface area (Å²) in [7, 11) is 3.61. The molecule has 5 heterocycles. The molecule has 31 heteroatoms. The van der Waals surface area contributed by atoms with Gasteiger partial charge in [-0.05, 0) is 70.3 Å². The van der Waals surface area contributed by atoms with Crippen LogP contribution in [-0.4, -0.2) is 228 Å². The minimum atomic E-state index is -2.02. The van der Waals surface area contributed by atoms with Gasteiger partial charge in [0.05, 0.1) is 88.4 Å². The fourth-order valence-electron chi connectivity index (χ4n) is 10.9. The number of pyridine rings is 2. The number of nitrogens with zero attached hydrogens (tertiary/aromatic N) is 4. The second-order valence-electron chi connectivity index (χ2n) is 23.4. The second-order valence-corrected chi connectivity index (χ2v) is 23.4. The van der Waals surface area contributed by atoms with Crippen molar-refractivity contribution in [3.63, 3.8) is 0 Å². The number of fused-ring (bicyclic) bond motifs is 5. The maximum atomic E-state index is 15.8. The maximum absolute atomic E-state index is 15.8. The lowest BCUT2D eigenvalue weighted by molar-refractivity contribution is -0.172. The molecule has 30 nitrogen and oxygen atoms in total.